The second-order valence-corrected chi connectivity index (χ2v) is 9.49. The molecule has 0 spiro atoms. The largest absolute Gasteiger partial charge is 0.465 e. The summed E-state index contributed by atoms with van der Waals surface area (Å²) in [6.07, 6.45) is 0. The molecule has 1 aliphatic heterocycles. The van der Waals surface area contributed by atoms with Crippen molar-refractivity contribution in [3.63, 3.8) is 0 Å². The van der Waals surface area contributed by atoms with Gasteiger partial charge in [-0.25, -0.2) is 17.6 Å². The number of hydrogen-bond donors (Lipinski definition) is 1. The lowest BCUT2D eigenvalue weighted by Crippen LogP contribution is -2.53. The molecule has 8 nitrogen and oxygen atoms in total. The van der Waals surface area contributed by atoms with Crippen molar-refractivity contribution in [2.45, 2.75) is 31.7 Å². The van der Waals surface area contributed by atoms with E-state index in [1.54, 1.807) is 20.8 Å². The molecular formula is C21H26FN3O5S. The second kappa shape index (κ2) is 8.89. The lowest BCUT2D eigenvalue weighted by molar-refractivity contribution is 0.0599. The number of carbonyl (C=O) groups is 2. The topological polar surface area (TPSA) is 99.8 Å². The molecule has 10 heteroatoms. The number of methoxy groups -OCH3 is 1. The van der Waals surface area contributed by atoms with Crippen LogP contribution < -0.4 is 0 Å². The van der Waals surface area contributed by atoms with Crippen molar-refractivity contribution in [2.75, 3.05) is 33.3 Å². The number of rotatable bonds is 6. The molecule has 168 valence electrons. The maximum absolute atomic E-state index is 13.5. The summed E-state index contributed by atoms with van der Waals surface area (Å²) >= 11 is 0. The van der Waals surface area contributed by atoms with Crippen molar-refractivity contribution in [3.8, 4) is 0 Å². The van der Waals surface area contributed by atoms with Crippen LogP contribution in [0, 0.1) is 19.7 Å². The lowest BCUT2D eigenvalue weighted by Gasteiger charge is -2.36. The van der Waals surface area contributed by atoms with Crippen LogP contribution in [-0.4, -0.2) is 73.7 Å². The van der Waals surface area contributed by atoms with E-state index in [1.165, 1.54) is 29.6 Å². The SMILES string of the molecule is COC(=O)c1c(C)[nH]c(C(=O)[C@H](C)N2CCN(S(=O)(=O)c3cccc(F)c3)CC2)c1C. The van der Waals surface area contributed by atoms with Crippen LogP contribution >= 0.6 is 0 Å². The number of benzene rings is 1. The fourth-order valence-electron chi connectivity index (χ4n) is 3.89. The fraction of sp³-hybridized carbons (Fsp3) is 0.429. The molecule has 2 aromatic rings. The Hall–Kier alpha value is -2.56. The van der Waals surface area contributed by atoms with E-state index in [-0.39, 0.29) is 23.8 Å². The molecule has 2 heterocycles. The maximum atomic E-state index is 13.5. The monoisotopic (exact) mass is 451 g/mol. The minimum atomic E-state index is -3.80. The van der Waals surface area contributed by atoms with Gasteiger partial charge in [0.25, 0.3) is 0 Å². The molecule has 0 unspecified atom stereocenters. The number of esters is 1. The maximum Gasteiger partial charge on any atom is 0.339 e. The zero-order chi connectivity index (χ0) is 22.9. The number of piperazine rings is 1. The van der Waals surface area contributed by atoms with Crippen LogP contribution in [-0.2, 0) is 14.8 Å². The van der Waals surface area contributed by atoms with Gasteiger partial charge in [-0.1, -0.05) is 6.07 Å². The summed E-state index contributed by atoms with van der Waals surface area (Å²) in [7, 11) is -2.52. The third-order valence-electron chi connectivity index (χ3n) is 5.71. The number of ketones is 1. The number of sulfonamides is 1. The quantitative estimate of drug-likeness (QED) is 0.534. The molecular weight excluding hydrogens is 425 g/mol. The van der Waals surface area contributed by atoms with Gasteiger partial charge in [0.2, 0.25) is 10.0 Å². The number of aromatic nitrogens is 1. The predicted octanol–water partition coefficient (Wildman–Crippen LogP) is 2.13. The molecule has 1 fully saturated rings. The minimum absolute atomic E-state index is 0.0853. The summed E-state index contributed by atoms with van der Waals surface area (Å²) < 4.78 is 45.1. The summed E-state index contributed by atoms with van der Waals surface area (Å²) in [4.78, 5) is 29.9. The van der Waals surface area contributed by atoms with Gasteiger partial charge >= 0.3 is 5.97 Å². The van der Waals surface area contributed by atoms with Gasteiger partial charge in [0.1, 0.15) is 5.82 Å². The number of nitrogens with zero attached hydrogens (tertiary/aromatic N) is 2. The number of hydrogen-bond acceptors (Lipinski definition) is 6. The summed E-state index contributed by atoms with van der Waals surface area (Å²) in [6.45, 7) is 6.23. The van der Waals surface area contributed by atoms with Crippen molar-refractivity contribution in [2.24, 2.45) is 0 Å². The molecule has 1 atom stereocenters. The molecule has 0 aliphatic carbocycles. The highest BCUT2D eigenvalue weighted by molar-refractivity contribution is 7.89. The first kappa shape index (κ1) is 23.1. The Bertz CT molecular complexity index is 1100. The first-order chi connectivity index (χ1) is 14.6. The van der Waals surface area contributed by atoms with E-state index in [0.29, 0.717) is 35.6 Å². The van der Waals surface area contributed by atoms with Crippen molar-refractivity contribution in [3.05, 3.63) is 52.6 Å². The number of H-pyrrole nitrogens is 1. The molecule has 1 aliphatic rings. The highest BCUT2D eigenvalue weighted by atomic mass is 32.2. The zero-order valence-corrected chi connectivity index (χ0v) is 18.8. The highest BCUT2D eigenvalue weighted by Gasteiger charge is 2.33. The highest BCUT2D eigenvalue weighted by Crippen LogP contribution is 2.23. The van der Waals surface area contributed by atoms with Crippen LogP contribution in [0.25, 0.3) is 0 Å². The van der Waals surface area contributed by atoms with E-state index in [9.17, 15) is 22.4 Å². The molecule has 1 N–H and O–H groups in total. The molecule has 1 aromatic carbocycles. The van der Waals surface area contributed by atoms with Gasteiger partial charge in [0.15, 0.2) is 5.78 Å². The van der Waals surface area contributed by atoms with Gasteiger partial charge < -0.3 is 9.72 Å². The Labute approximate surface area is 181 Å². The van der Waals surface area contributed by atoms with E-state index in [2.05, 4.69) is 4.98 Å². The van der Waals surface area contributed by atoms with E-state index < -0.39 is 27.9 Å². The first-order valence-electron chi connectivity index (χ1n) is 9.89. The second-order valence-electron chi connectivity index (χ2n) is 7.55. The van der Waals surface area contributed by atoms with Crippen molar-refractivity contribution >= 4 is 21.8 Å². The summed E-state index contributed by atoms with van der Waals surface area (Å²) in [5.74, 6) is -1.30. The Balaban J connectivity index is 1.71. The van der Waals surface area contributed by atoms with E-state index >= 15 is 0 Å². The standard InChI is InChI=1S/C21H26FN3O5S/c1-13-18(21(27)30-4)14(2)23-19(13)20(26)15(3)24-8-10-25(11-9-24)31(28,29)17-7-5-6-16(22)12-17/h5-7,12,15,23H,8-11H2,1-4H3/t15-/m0/s1. The average Bonchev–Trinajstić information content (AvgIpc) is 3.06. The summed E-state index contributed by atoms with van der Waals surface area (Å²) in [6, 6.07) is 4.42. The van der Waals surface area contributed by atoms with Crippen LogP contribution in [0.2, 0.25) is 0 Å². The third kappa shape index (κ3) is 4.41. The van der Waals surface area contributed by atoms with Gasteiger partial charge in [-0.2, -0.15) is 4.31 Å². The normalized spacial score (nSPS) is 16.8. The number of aromatic amines is 1. The molecule has 3 rings (SSSR count). The van der Waals surface area contributed by atoms with Gasteiger partial charge in [-0.15, -0.1) is 0 Å². The molecule has 0 saturated carbocycles. The Morgan fingerprint density at radius 1 is 1.16 bits per heavy atom. The predicted molar refractivity (Wildman–Crippen MR) is 112 cm³/mol. The third-order valence-corrected chi connectivity index (χ3v) is 7.60. The van der Waals surface area contributed by atoms with Crippen LogP contribution in [0.5, 0.6) is 0 Å². The number of nitrogens with one attached hydrogen (secondary N) is 1. The smallest absolute Gasteiger partial charge is 0.339 e. The van der Waals surface area contributed by atoms with Gasteiger partial charge in [-0.3, -0.25) is 9.69 Å². The molecule has 31 heavy (non-hydrogen) atoms. The Morgan fingerprint density at radius 2 is 1.81 bits per heavy atom. The van der Waals surface area contributed by atoms with E-state index in [4.69, 9.17) is 4.74 Å². The molecule has 1 saturated heterocycles. The van der Waals surface area contributed by atoms with Gasteiger partial charge in [0, 0.05) is 31.9 Å². The fourth-order valence-corrected chi connectivity index (χ4v) is 5.34. The van der Waals surface area contributed by atoms with Crippen LogP contribution in [0.4, 0.5) is 4.39 Å². The first-order valence-corrected chi connectivity index (χ1v) is 11.3. The van der Waals surface area contributed by atoms with Crippen LogP contribution in [0.3, 0.4) is 0 Å². The molecule has 1 aromatic heterocycles. The summed E-state index contributed by atoms with van der Waals surface area (Å²) in [5.41, 5.74) is 1.80. The number of halogens is 1. The van der Waals surface area contributed by atoms with Crippen LogP contribution in [0.1, 0.15) is 39.0 Å². The number of aryl methyl sites for hydroxylation is 1. The van der Waals surface area contributed by atoms with E-state index in [0.717, 1.165) is 6.07 Å². The van der Waals surface area contributed by atoms with Crippen LogP contribution in [0.15, 0.2) is 29.2 Å². The van der Waals surface area contributed by atoms with Crippen molar-refractivity contribution in [1.82, 2.24) is 14.2 Å². The molecule has 0 bridgehead atoms. The molecule has 0 amide bonds. The van der Waals surface area contributed by atoms with Gasteiger partial charge in [-0.05, 0) is 44.5 Å². The van der Waals surface area contributed by atoms with Gasteiger partial charge in [0.05, 0.1) is 29.3 Å². The Kier molecular flexibility index (Phi) is 6.63. The Morgan fingerprint density at radius 3 is 2.39 bits per heavy atom. The average molecular weight is 452 g/mol. The lowest BCUT2D eigenvalue weighted by atomic mass is 10.0. The number of ether oxygens (including phenoxy) is 1. The number of Topliss-reactive ketones (excluding diaryl/α,β-unsaturated/α-hetero) is 1. The van der Waals surface area contributed by atoms with Crippen molar-refractivity contribution < 1.29 is 27.1 Å². The van der Waals surface area contributed by atoms with Crippen molar-refractivity contribution in [1.29, 1.82) is 0 Å². The number of carbonyl (C=O) groups excluding carboxylic acids is 2. The summed E-state index contributed by atoms with van der Waals surface area (Å²) in [5, 5.41) is 0. The minimum Gasteiger partial charge on any atom is -0.465 e. The molecule has 0 radical (unpaired) electrons. The van der Waals surface area contributed by atoms with E-state index in [1.807, 2.05) is 4.90 Å². The zero-order valence-electron chi connectivity index (χ0n) is 17.9.